The number of carbonyl (C=O) groups is 1. The van der Waals surface area contributed by atoms with Crippen LogP contribution in [0.4, 0.5) is 21.6 Å². The molecule has 1 aromatic heterocycles. The fourth-order valence-corrected chi connectivity index (χ4v) is 1.78. The smallest absolute Gasteiger partial charge is 0.341 e. The maximum atomic E-state index is 13.9. The number of carboxylic acid groups (broad SMARTS) is 1. The second-order valence-corrected chi connectivity index (χ2v) is 4.59. The Balaban J connectivity index is 2.28. The predicted molar refractivity (Wildman–Crippen MR) is 85.2 cm³/mol. The number of hydrogen-bond acceptors (Lipinski definition) is 6. The highest BCUT2D eigenvalue weighted by Gasteiger charge is 2.14. The molecule has 0 radical (unpaired) electrons. The number of aromatic nitrogens is 2. The number of hydrogen-bond donors (Lipinski definition) is 3. The molecule has 0 fully saturated rings. The lowest BCUT2D eigenvalue weighted by atomic mass is 10.2. The summed E-state index contributed by atoms with van der Waals surface area (Å²) >= 11 is 5.65. The van der Waals surface area contributed by atoms with Crippen molar-refractivity contribution < 1.29 is 14.3 Å². The maximum absolute atomic E-state index is 13.9. The van der Waals surface area contributed by atoms with E-state index in [9.17, 15) is 9.18 Å². The highest BCUT2D eigenvalue weighted by Crippen LogP contribution is 2.25. The zero-order chi connectivity index (χ0) is 16.8. The zero-order valence-corrected chi connectivity index (χ0v) is 12.4. The first-order valence-corrected chi connectivity index (χ1v) is 6.73. The number of benzene rings is 1. The standard InChI is InChI=1S/C14H11ClFN5O2/c15-14-19-7-9(13(22)23)12(21-14)20-8-2-3-11(10(16)6-8)18-5-1-4-17/h2-7,17H,1H2,(H,22,23)(H,19,20,21). The van der Waals surface area contributed by atoms with Crippen molar-refractivity contribution in [2.24, 2.45) is 4.99 Å². The second-order valence-electron chi connectivity index (χ2n) is 4.25. The van der Waals surface area contributed by atoms with Gasteiger partial charge >= 0.3 is 5.97 Å². The third kappa shape index (κ3) is 4.30. The Morgan fingerprint density at radius 1 is 1.52 bits per heavy atom. The van der Waals surface area contributed by atoms with E-state index in [1.807, 2.05) is 0 Å². The first-order valence-electron chi connectivity index (χ1n) is 6.35. The summed E-state index contributed by atoms with van der Waals surface area (Å²) in [5.74, 6) is -1.89. The molecule has 0 bridgehead atoms. The average Bonchev–Trinajstić information content (AvgIpc) is 2.49. The van der Waals surface area contributed by atoms with E-state index in [0.29, 0.717) is 6.42 Å². The molecule has 0 amide bonds. The van der Waals surface area contributed by atoms with Gasteiger partial charge in [0.2, 0.25) is 5.28 Å². The van der Waals surface area contributed by atoms with Gasteiger partial charge in [-0.1, -0.05) is 0 Å². The quantitative estimate of drug-likeness (QED) is 0.553. The number of aliphatic imine (C=N–C) groups is 1. The van der Waals surface area contributed by atoms with Gasteiger partial charge in [-0.25, -0.2) is 14.2 Å². The second kappa shape index (κ2) is 7.41. The van der Waals surface area contributed by atoms with Crippen molar-refractivity contribution in [1.29, 1.82) is 5.41 Å². The molecule has 23 heavy (non-hydrogen) atoms. The topological polar surface area (TPSA) is 111 Å². The number of aromatic carboxylic acids is 1. The molecule has 0 saturated carbocycles. The largest absolute Gasteiger partial charge is 0.477 e. The van der Waals surface area contributed by atoms with Gasteiger partial charge in [-0.05, 0) is 29.8 Å². The number of nitrogens with zero attached hydrogens (tertiary/aromatic N) is 3. The van der Waals surface area contributed by atoms with E-state index < -0.39 is 11.8 Å². The van der Waals surface area contributed by atoms with Crippen LogP contribution in [0.2, 0.25) is 5.28 Å². The summed E-state index contributed by atoms with van der Waals surface area (Å²) in [4.78, 5) is 22.4. The molecular weight excluding hydrogens is 325 g/mol. The summed E-state index contributed by atoms with van der Waals surface area (Å²) in [5.41, 5.74) is 0.199. The summed E-state index contributed by atoms with van der Waals surface area (Å²) in [6.07, 6.45) is 3.92. The van der Waals surface area contributed by atoms with E-state index in [-0.39, 0.29) is 28.0 Å². The minimum Gasteiger partial charge on any atom is -0.477 e. The van der Waals surface area contributed by atoms with Crippen LogP contribution in [0.5, 0.6) is 0 Å². The summed E-state index contributed by atoms with van der Waals surface area (Å²) < 4.78 is 13.9. The summed E-state index contributed by atoms with van der Waals surface area (Å²) in [5, 5.41) is 18.5. The van der Waals surface area contributed by atoms with Crippen LogP contribution in [0.25, 0.3) is 0 Å². The van der Waals surface area contributed by atoms with Gasteiger partial charge in [-0.3, -0.25) is 4.99 Å². The first kappa shape index (κ1) is 16.5. The number of carboxylic acids is 1. The van der Waals surface area contributed by atoms with Crippen molar-refractivity contribution in [2.75, 3.05) is 5.32 Å². The van der Waals surface area contributed by atoms with E-state index >= 15 is 0 Å². The van der Waals surface area contributed by atoms with Crippen LogP contribution in [0.1, 0.15) is 16.8 Å². The Morgan fingerprint density at radius 2 is 2.30 bits per heavy atom. The number of anilines is 2. The van der Waals surface area contributed by atoms with Gasteiger partial charge in [-0.15, -0.1) is 0 Å². The van der Waals surface area contributed by atoms with Crippen molar-refractivity contribution in [2.45, 2.75) is 6.42 Å². The molecule has 0 aliphatic heterocycles. The zero-order valence-electron chi connectivity index (χ0n) is 11.6. The molecule has 9 heteroatoms. The predicted octanol–water partition coefficient (Wildman–Crippen LogP) is 3.45. The third-order valence-electron chi connectivity index (χ3n) is 2.65. The SMILES string of the molecule is N=CCC=Nc1ccc(Nc2nc(Cl)ncc2C(=O)O)cc1F. The first-order chi connectivity index (χ1) is 11.0. The van der Waals surface area contributed by atoms with Gasteiger partial charge < -0.3 is 15.8 Å². The molecule has 7 nitrogen and oxygen atoms in total. The molecule has 118 valence electrons. The molecule has 0 unspecified atom stereocenters. The van der Waals surface area contributed by atoms with Gasteiger partial charge in [0.05, 0.1) is 5.69 Å². The molecule has 2 aromatic rings. The van der Waals surface area contributed by atoms with Crippen molar-refractivity contribution >= 4 is 47.2 Å². The molecule has 0 aliphatic carbocycles. The lowest BCUT2D eigenvalue weighted by Gasteiger charge is -2.09. The highest BCUT2D eigenvalue weighted by molar-refractivity contribution is 6.28. The molecule has 1 aromatic carbocycles. The lowest BCUT2D eigenvalue weighted by Crippen LogP contribution is -2.06. The summed E-state index contributed by atoms with van der Waals surface area (Å²) in [6, 6.07) is 4.09. The van der Waals surface area contributed by atoms with Crippen LogP contribution in [0.3, 0.4) is 0 Å². The number of rotatable bonds is 6. The third-order valence-corrected chi connectivity index (χ3v) is 2.84. The molecule has 0 atom stereocenters. The van der Waals surface area contributed by atoms with Crippen molar-refractivity contribution in [1.82, 2.24) is 9.97 Å². The van der Waals surface area contributed by atoms with E-state index in [1.54, 1.807) is 0 Å². The molecule has 0 spiro atoms. The van der Waals surface area contributed by atoms with E-state index in [2.05, 4.69) is 20.3 Å². The van der Waals surface area contributed by atoms with E-state index in [1.165, 1.54) is 18.3 Å². The summed E-state index contributed by atoms with van der Waals surface area (Å²) in [6.45, 7) is 0. The Labute approximate surface area is 135 Å². The fraction of sp³-hybridized carbons (Fsp3) is 0.0714. The molecule has 2 rings (SSSR count). The molecular formula is C14H11ClFN5O2. The monoisotopic (exact) mass is 335 g/mol. The molecule has 3 N–H and O–H groups in total. The van der Waals surface area contributed by atoms with Gasteiger partial charge in [0.1, 0.15) is 11.4 Å². The van der Waals surface area contributed by atoms with Crippen molar-refractivity contribution in [3.8, 4) is 0 Å². The average molecular weight is 336 g/mol. The van der Waals surface area contributed by atoms with Gasteiger partial charge in [-0.2, -0.15) is 4.98 Å². The van der Waals surface area contributed by atoms with Gasteiger partial charge in [0, 0.05) is 30.7 Å². The van der Waals surface area contributed by atoms with Crippen LogP contribution in [0.15, 0.2) is 29.4 Å². The number of nitrogens with one attached hydrogen (secondary N) is 2. The summed E-state index contributed by atoms with van der Waals surface area (Å²) in [7, 11) is 0. The van der Waals surface area contributed by atoms with E-state index in [4.69, 9.17) is 22.1 Å². The number of halogens is 2. The highest BCUT2D eigenvalue weighted by atomic mass is 35.5. The Morgan fingerprint density at radius 3 is 2.96 bits per heavy atom. The van der Waals surface area contributed by atoms with Crippen LogP contribution < -0.4 is 5.32 Å². The Bertz CT molecular complexity index is 782. The minimum absolute atomic E-state index is 0.0445. The molecule has 0 aliphatic rings. The Kier molecular flexibility index (Phi) is 5.32. The maximum Gasteiger partial charge on any atom is 0.341 e. The van der Waals surface area contributed by atoms with Crippen LogP contribution in [-0.4, -0.2) is 33.5 Å². The van der Waals surface area contributed by atoms with Crippen molar-refractivity contribution in [3.63, 3.8) is 0 Å². The van der Waals surface area contributed by atoms with Gasteiger partial charge in [0.25, 0.3) is 0 Å². The van der Waals surface area contributed by atoms with Crippen LogP contribution in [0, 0.1) is 11.2 Å². The van der Waals surface area contributed by atoms with Crippen LogP contribution in [-0.2, 0) is 0 Å². The van der Waals surface area contributed by atoms with E-state index in [0.717, 1.165) is 18.5 Å². The molecule has 0 saturated heterocycles. The fourth-order valence-electron chi connectivity index (χ4n) is 1.64. The lowest BCUT2D eigenvalue weighted by molar-refractivity contribution is 0.0697. The minimum atomic E-state index is -1.24. The molecule has 1 heterocycles. The normalized spacial score (nSPS) is 10.7. The van der Waals surface area contributed by atoms with Gasteiger partial charge in [0.15, 0.2) is 5.82 Å². The Hall–Kier alpha value is -2.87. The van der Waals surface area contributed by atoms with Crippen LogP contribution >= 0.6 is 11.6 Å². The van der Waals surface area contributed by atoms with Crippen molar-refractivity contribution in [3.05, 3.63) is 41.1 Å².